The van der Waals surface area contributed by atoms with Gasteiger partial charge < -0.3 is 15.4 Å². The molecule has 0 bridgehead atoms. The Bertz CT molecular complexity index is 724. The van der Waals surface area contributed by atoms with Gasteiger partial charge >= 0.3 is 0 Å². The number of hydrogen-bond acceptors (Lipinski definition) is 5. The summed E-state index contributed by atoms with van der Waals surface area (Å²) in [6.07, 6.45) is 0. The van der Waals surface area contributed by atoms with Gasteiger partial charge in [0.25, 0.3) is 0 Å². The van der Waals surface area contributed by atoms with Crippen molar-refractivity contribution in [2.45, 2.75) is 12.6 Å². The summed E-state index contributed by atoms with van der Waals surface area (Å²) >= 11 is 2.03. The van der Waals surface area contributed by atoms with E-state index in [9.17, 15) is 9.59 Å². The van der Waals surface area contributed by atoms with Crippen molar-refractivity contribution in [3.8, 4) is 0 Å². The summed E-state index contributed by atoms with van der Waals surface area (Å²) in [5.41, 5.74) is 1.02. The molecule has 0 spiro atoms. The number of carbonyl (C=O) groups is 2. The van der Waals surface area contributed by atoms with Gasteiger partial charge in [0.05, 0.1) is 13.2 Å². The molecule has 2 aromatic carbocycles. The van der Waals surface area contributed by atoms with Crippen LogP contribution in [0.4, 0.5) is 0 Å². The maximum absolute atomic E-state index is 12.4. The van der Waals surface area contributed by atoms with Gasteiger partial charge in [0.1, 0.15) is 6.04 Å². The molecule has 0 saturated heterocycles. The van der Waals surface area contributed by atoms with Gasteiger partial charge in [-0.25, -0.2) is 4.72 Å². The number of methoxy groups -OCH3 is 1. The van der Waals surface area contributed by atoms with E-state index >= 15 is 0 Å². The molecular weight excluding hydrogens is 453 g/mol. The maximum Gasteiger partial charge on any atom is 0.245 e. The van der Waals surface area contributed by atoms with E-state index in [1.54, 1.807) is 0 Å². The maximum atomic E-state index is 12.4. The first kappa shape index (κ1) is 20.0. The van der Waals surface area contributed by atoms with Crippen LogP contribution < -0.4 is 15.4 Å². The van der Waals surface area contributed by atoms with Crippen LogP contribution in [0.5, 0.6) is 0 Å². The Morgan fingerprint density at radius 1 is 1.20 bits per heavy atom. The Balaban J connectivity index is 1.99. The van der Waals surface area contributed by atoms with Crippen molar-refractivity contribution in [1.82, 2.24) is 15.4 Å². The minimum absolute atomic E-state index is 0.116. The number of amides is 2. The predicted octanol–water partition coefficient (Wildman–Crippen LogP) is 2.17. The quantitative estimate of drug-likeness (QED) is 0.385. The van der Waals surface area contributed by atoms with E-state index in [-0.39, 0.29) is 25.0 Å². The highest BCUT2D eigenvalue weighted by molar-refractivity contribution is 14.2. The molecule has 25 heavy (non-hydrogen) atoms. The molecule has 6 nitrogen and oxygen atoms in total. The Morgan fingerprint density at radius 2 is 1.96 bits per heavy atom. The zero-order valence-electron chi connectivity index (χ0n) is 13.8. The molecule has 0 radical (unpaired) electrons. The number of nitrogens with one attached hydrogen (secondary N) is 3. The van der Waals surface area contributed by atoms with E-state index < -0.39 is 6.04 Å². The number of fused-ring (bicyclic) bond motifs is 1. The number of benzene rings is 2. The average molecular weight is 473 g/mol. The summed E-state index contributed by atoms with van der Waals surface area (Å²) < 4.78 is 7.88. The molecule has 1 unspecified atom stereocenters. The first-order chi connectivity index (χ1) is 12.2. The van der Waals surface area contributed by atoms with E-state index in [1.807, 2.05) is 63.7 Å². The SMILES string of the molecule is COCC(NC(=O)CNSI)C(=O)NCc1cccc2ccccc12. The second-order valence-electron chi connectivity index (χ2n) is 5.33. The van der Waals surface area contributed by atoms with Crippen molar-refractivity contribution in [3.05, 3.63) is 48.0 Å². The molecular formula is C17H20IN3O3S. The van der Waals surface area contributed by atoms with E-state index in [1.165, 1.54) is 16.2 Å². The van der Waals surface area contributed by atoms with Crippen molar-refractivity contribution in [1.29, 1.82) is 0 Å². The Kier molecular flexibility index (Phi) is 8.45. The van der Waals surface area contributed by atoms with Crippen LogP contribution in [0.2, 0.25) is 0 Å². The summed E-state index contributed by atoms with van der Waals surface area (Å²) in [5, 5.41) is 7.77. The highest BCUT2D eigenvalue weighted by atomic mass is 127. The largest absolute Gasteiger partial charge is 0.382 e. The third-order valence-corrected chi connectivity index (χ3v) is 4.79. The highest BCUT2D eigenvalue weighted by Crippen LogP contribution is 2.18. The van der Waals surface area contributed by atoms with Crippen LogP contribution in [0.3, 0.4) is 0 Å². The van der Waals surface area contributed by atoms with Gasteiger partial charge in [0.2, 0.25) is 11.8 Å². The standard InChI is InChI=1S/C17H20IN3O3S/c1-24-11-15(21-16(22)10-20-25-18)17(23)19-9-13-7-4-6-12-5-2-3-8-14(12)13/h2-8,15,20H,9-11H2,1H3,(H,19,23)(H,21,22). The highest BCUT2D eigenvalue weighted by Gasteiger charge is 2.20. The smallest absolute Gasteiger partial charge is 0.245 e. The van der Waals surface area contributed by atoms with Crippen LogP contribution in [0.25, 0.3) is 10.8 Å². The summed E-state index contributed by atoms with van der Waals surface area (Å²) in [4.78, 5) is 24.2. The molecule has 2 aromatic rings. The lowest BCUT2D eigenvalue weighted by Crippen LogP contribution is -2.50. The zero-order chi connectivity index (χ0) is 18.1. The molecule has 0 aliphatic heterocycles. The molecule has 3 N–H and O–H groups in total. The first-order valence-electron chi connectivity index (χ1n) is 7.68. The summed E-state index contributed by atoms with van der Waals surface area (Å²) in [7, 11) is 2.81. The average Bonchev–Trinajstić information content (AvgIpc) is 2.64. The van der Waals surface area contributed by atoms with Crippen LogP contribution >= 0.6 is 30.3 Å². The molecule has 2 rings (SSSR count). The fraction of sp³-hybridized carbons (Fsp3) is 0.294. The number of rotatable bonds is 9. The lowest BCUT2D eigenvalue weighted by atomic mass is 10.0. The monoisotopic (exact) mass is 473 g/mol. The van der Waals surface area contributed by atoms with Crippen molar-refractivity contribution in [2.24, 2.45) is 0 Å². The molecule has 0 aromatic heterocycles. The lowest BCUT2D eigenvalue weighted by Gasteiger charge is -2.18. The van der Waals surface area contributed by atoms with Gasteiger partial charge in [-0.05, 0) is 25.5 Å². The van der Waals surface area contributed by atoms with Gasteiger partial charge in [-0.1, -0.05) is 42.5 Å². The van der Waals surface area contributed by atoms with Crippen molar-refractivity contribution < 1.29 is 14.3 Å². The van der Waals surface area contributed by atoms with Gasteiger partial charge in [-0.3, -0.25) is 9.59 Å². The molecule has 1 atom stereocenters. The van der Waals surface area contributed by atoms with Crippen molar-refractivity contribution in [3.63, 3.8) is 0 Å². The number of carbonyl (C=O) groups excluding carboxylic acids is 2. The second-order valence-corrected chi connectivity index (χ2v) is 7.09. The topological polar surface area (TPSA) is 79.5 Å². The van der Waals surface area contributed by atoms with Crippen LogP contribution in [-0.2, 0) is 20.9 Å². The van der Waals surface area contributed by atoms with Crippen molar-refractivity contribution >= 4 is 52.9 Å². The van der Waals surface area contributed by atoms with Crippen LogP contribution in [0.1, 0.15) is 5.56 Å². The minimum atomic E-state index is -0.728. The van der Waals surface area contributed by atoms with Gasteiger partial charge in [-0.15, -0.1) is 0 Å². The molecule has 0 aliphatic carbocycles. The van der Waals surface area contributed by atoms with E-state index in [0.717, 1.165) is 16.3 Å². The van der Waals surface area contributed by atoms with Crippen LogP contribution in [0.15, 0.2) is 42.5 Å². The molecule has 0 fully saturated rings. The third-order valence-electron chi connectivity index (χ3n) is 3.61. The fourth-order valence-corrected chi connectivity index (χ4v) is 3.09. The lowest BCUT2D eigenvalue weighted by molar-refractivity contribution is -0.129. The normalized spacial score (nSPS) is 11.9. The van der Waals surface area contributed by atoms with Crippen molar-refractivity contribution in [2.75, 3.05) is 20.3 Å². The van der Waals surface area contributed by atoms with Gasteiger partial charge in [0.15, 0.2) is 0 Å². The molecule has 0 heterocycles. The summed E-state index contributed by atoms with van der Waals surface area (Å²) in [5.74, 6) is -0.531. The molecule has 0 saturated carbocycles. The predicted molar refractivity (Wildman–Crippen MR) is 109 cm³/mol. The van der Waals surface area contributed by atoms with Gasteiger partial charge in [-0.2, -0.15) is 0 Å². The zero-order valence-corrected chi connectivity index (χ0v) is 16.7. The Hall–Kier alpha value is -1.36. The van der Waals surface area contributed by atoms with Crippen LogP contribution in [0, 0.1) is 0 Å². The Labute approximate surface area is 163 Å². The minimum Gasteiger partial charge on any atom is -0.382 e. The second kappa shape index (κ2) is 10.6. The summed E-state index contributed by atoms with van der Waals surface area (Å²) in [6.45, 7) is 0.632. The van der Waals surface area contributed by atoms with E-state index in [4.69, 9.17) is 4.74 Å². The number of hydrogen-bond donors (Lipinski definition) is 3. The first-order valence-corrected chi connectivity index (χ1v) is 11.0. The fourth-order valence-electron chi connectivity index (χ4n) is 2.44. The third kappa shape index (κ3) is 6.14. The van der Waals surface area contributed by atoms with Crippen LogP contribution in [-0.4, -0.2) is 38.1 Å². The van der Waals surface area contributed by atoms with E-state index in [2.05, 4.69) is 15.4 Å². The molecule has 2 amide bonds. The number of halogens is 1. The molecule has 8 heteroatoms. The molecule has 0 aliphatic rings. The number of ether oxygens (including phenoxy) is 1. The summed E-state index contributed by atoms with van der Waals surface area (Å²) in [6, 6.07) is 13.3. The molecule has 134 valence electrons. The van der Waals surface area contributed by atoms with E-state index in [0.29, 0.717) is 6.54 Å². The van der Waals surface area contributed by atoms with Gasteiger partial charge in [0, 0.05) is 34.9 Å². The Morgan fingerprint density at radius 3 is 2.72 bits per heavy atom.